The normalized spacial score (nSPS) is 15.5. The van der Waals surface area contributed by atoms with E-state index in [1.807, 2.05) is 17.9 Å². The lowest BCUT2D eigenvalue weighted by Gasteiger charge is -2.36. The van der Waals surface area contributed by atoms with Crippen molar-refractivity contribution >= 4 is 23.0 Å². The van der Waals surface area contributed by atoms with Crippen molar-refractivity contribution in [2.24, 2.45) is 7.05 Å². The first-order chi connectivity index (χ1) is 11.5. The van der Waals surface area contributed by atoms with E-state index >= 15 is 0 Å². The predicted octanol–water partition coefficient (Wildman–Crippen LogP) is 2.55. The first-order valence-electron chi connectivity index (χ1n) is 8.34. The summed E-state index contributed by atoms with van der Waals surface area (Å²) in [7, 11) is 1.96. The van der Waals surface area contributed by atoms with Crippen LogP contribution in [0.4, 0.5) is 5.69 Å². The number of hydrogen-bond donors (Lipinski definition) is 1. The molecule has 1 aliphatic rings. The second-order valence-electron chi connectivity index (χ2n) is 6.53. The maximum atomic E-state index is 5.60. The summed E-state index contributed by atoms with van der Waals surface area (Å²) >= 11 is 5.60. The quantitative estimate of drug-likeness (QED) is 0.867. The Bertz CT molecular complexity index is 716. The van der Waals surface area contributed by atoms with Crippen LogP contribution >= 0.6 is 12.2 Å². The molecule has 1 fully saturated rings. The molecular formula is C18H25N5S. The van der Waals surface area contributed by atoms with Gasteiger partial charge in [0.2, 0.25) is 0 Å². The molecule has 0 aliphatic carbocycles. The van der Waals surface area contributed by atoms with Gasteiger partial charge in [-0.05, 0) is 37.7 Å². The standard InChI is InChI=1S/C18H25N5S/c1-14-4-5-17(15(2)10-14)20-18(24)23-8-6-22(7-9-23)13-16-11-19-21(3)12-16/h4-5,10-12H,6-9,13H2,1-3H3,(H,20,24). The van der Waals surface area contributed by atoms with E-state index < -0.39 is 0 Å². The minimum absolute atomic E-state index is 0.822. The molecule has 0 amide bonds. The lowest BCUT2D eigenvalue weighted by molar-refractivity contribution is 0.177. The minimum atomic E-state index is 0.822. The molecule has 2 aromatic rings. The number of nitrogens with zero attached hydrogens (tertiary/aromatic N) is 4. The van der Waals surface area contributed by atoms with Gasteiger partial charge in [-0.15, -0.1) is 0 Å². The molecule has 1 aromatic carbocycles. The second kappa shape index (κ2) is 7.32. The SMILES string of the molecule is Cc1ccc(NC(=S)N2CCN(Cc3cnn(C)c3)CC2)c(C)c1. The molecule has 1 N–H and O–H groups in total. The maximum absolute atomic E-state index is 5.60. The molecule has 1 saturated heterocycles. The van der Waals surface area contributed by atoms with Gasteiger partial charge in [0.15, 0.2) is 5.11 Å². The number of rotatable bonds is 3. The summed E-state index contributed by atoms with van der Waals surface area (Å²) in [6.07, 6.45) is 4.03. The van der Waals surface area contributed by atoms with Crippen LogP contribution in [-0.2, 0) is 13.6 Å². The smallest absolute Gasteiger partial charge is 0.173 e. The first-order valence-corrected chi connectivity index (χ1v) is 8.75. The third-order valence-electron chi connectivity index (χ3n) is 4.45. The van der Waals surface area contributed by atoms with Gasteiger partial charge >= 0.3 is 0 Å². The lowest BCUT2D eigenvalue weighted by atomic mass is 10.1. The number of piperazine rings is 1. The molecule has 0 bridgehead atoms. The summed E-state index contributed by atoms with van der Waals surface area (Å²) < 4.78 is 1.86. The van der Waals surface area contributed by atoms with E-state index in [0.29, 0.717) is 0 Å². The van der Waals surface area contributed by atoms with Crippen molar-refractivity contribution in [1.29, 1.82) is 0 Å². The Morgan fingerprint density at radius 2 is 1.96 bits per heavy atom. The first kappa shape index (κ1) is 16.9. The van der Waals surface area contributed by atoms with Crippen molar-refractivity contribution in [1.82, 2.24) is 19.6 Å². The zero-order chi connectivity index (χ0) is 17.1. The van der Waals surface area contributed by atoms with Crippen LogP contribution in [0.3, 0.4) is 0 Å². The van der Waals surface area contributed by atoms with Gasteiger partial charge in [0.25, 0.3) is 0 Å². The molecule has 2 heterocycles. The fourth-order valence-corrected chi connectivity index (χ4v) is 3.36. The monoisotopic (exact) mass is 343 g/mol. The van der Waals surface area contributed by atoms with E-state index in [4.69, 9.17) is 12.2 Å². The Morgan fingerprint density at radius 1 is 1.21 bits per heavy atom. The van der Waals surface area contributed by atoms with E-state index in [-0.39, 0.29) is 0 Å². The highest BCUT2D eigenvalue weighted by Crippen LogP contribution is 2.17. The number of thiocarbonyl (C=S) groups is 1. The van der Waals surface area contributed by atoms with E-state index in [1.165, 1.54) is 16.7 Å². The molecule has 0 atom stereocenters. The van der Waals surface area contributed by atoms with Crippen LogP contribution in [0.15, 0.2) is 30.6 Å². The number of nitrogens with one attached hydrogen (secondary N) is 1. The molecule has 0 unspecified atom stereocenters. The van der Waals surface area contributed by atoms with E-state index in [1.54, 1.807) is 0 Å². The highest BCUT2D eigenvalue weighted by atomic mass is 32.1. The van der Waals surface area contributed by atoms with E-state index in [2.05, 4.69) is 58.5 Å². The zero-order valence-electron chi connectivity index (χ0n) is 14.6. The minimum Gasteiger partial charge on any atom is -0.346 e. The highest BCUT2D eigenvalue weighted by Gasteiger charge is 2.19. The van der Waals surface area contributed by atoms with Crippen molar-refractivity contribution in [2.75, 3.05) is 31.5 Å². The largest absolute Gasteiger partial charge is 0.346 e. The van der Waals surface area contributed by atoms with Crippen LogP contribution in [0.5, 0.6) is 0 Å². The van der Waals surface area contributed by atoms with Gasteiger partial charge in [-0.1, -0.05) is 17.7 Å². The summed E-state index contributed by atoms with van der Waals surface area (Å²) in [5, 5.41) is 8.46. The number of aryl methyl sites for hydroxylation is 3. The third kappa shape index (κ3) is 4.13. The molecule has 3 rings (SSSR count). The van der Waals surface area contributed by atoms with Crippen LogP contribution in [0.1, 0.15) is 16.7 Å². The van der Waals surface area contributed by atoms with Crippen LogP contribution in [0.25, 0.3) is 0 Å². The summed E-state index contributed by atoms with van der Waals surface area (Å²) in [5.74, 6) is 0. The van der Waals surface area contributed by atoms with Crippen LogP contribution in [0.2, 0.25) is 0 Å². The van der Waals surface area contributed by atoms with Crippen LogP contribution in [-0.4, -0.2) is 50.9 Å². The van der Waals surface area contributed by atoms with Gasteiger partial charge in [-0.25, -0.2) is 0 Å². The molecule has 1 aliphatic heterocycles. The number of aromatic nitrogens is 2. The Hall–Kier alpha value is -1.92. The Labute approximate surface area is 149 Å². The number of benzene rings is 1. The fraction of sp³-hybridized carbons (Fsp3) is 0.444. The number of anilines is 1. The van der Waals surface area contributed by atoms with Gasteiger partial charge in [0.05, 0.1) is 6.20 Å². The van der Waals surface area contributed by atoms with E-state index in [9.17, 15) is 0 Å². The average Bonchev–Trinajstić information content (AvgIpc) is 2.96. The third-order valence-corrected chi connectivity index (χ3v) is 4.81. The summed E-state index contributed by atoms with van der Waals surface area (Å²) in [5.41, 5.74) is 4.87. The topological polar surface area (TPSA) is 36.3 Å². The second-order valence-corrected chi connectivity index (χ2v) is 6.92. The molecule has 0 spiro atoms. The maximum Gasteiger partial charge on any atom is 0.173 e. The van der Waals surface area contributed by atoms with Gasteiger partial charge < -0.3 is 10.2 Å². The zero-order valence-corrected chi connectivity index (χ0v) is 15.4. The molecule has 128 valence electrons. The summed E-state index contributed by atoms with van der Waals surface area (Å²) in [6, 6.07) is 6.40. The molecule has 6 heteroatoms. The van der Waals surface area contributed by atoms with Crippen molar-refractivity contribution in [2.45, 2.75) is 20.4 Å². The number of hydrogen-bond acceptors (Lipinski definition) is 3. The summed E-state index contributed by atoms with van der Waals surface area (Å²) in [6.45, 7) is 9.13. The molecule has 24 heavy (non-hydrogen) atoms. The van der Waals surface area contributed by atoms with E-state index in [0.717, 1.165) is 43.5 Å². The van der Waals surface area contributed by atoms with Gasteiger partial charge in [-0.2, -0.15) is 5.10 Å². The molecule has 0 saturated carbocycles. The van der Waals surface area contributed by atoms with Gasteiger partial charge in [0.1, 0.15) is 0 Å². The molecule has 1 aromatic heterocycles. The van der Waals surface area contributed by atoms with Crippen molar-refractivity contribution in [3.05, 3.63) is 47.3 Å². The van der Waals surface area contributed by atoms with Crippen molar-refractivity contribution in [3.8, 4) is 0 Å². The molecular weight excluding hydrogens is 318 g/mol. The van der Waals surface area contributed by atoms with Crippen molar-refractivity contribution in [3.63, 3.8) is 0 Å². The Kier molecular flexibility index (Phi) is 5.16. The lowest BCUT2D eigenvalue weighted by Crippen LogP contribution is -2.49. The molecule has 0 radical (unpaired) electrons. The van der Waals surface area contributed by atoms with Crippen LogP contribution in [0, 0.1) is 13.8 Å². The Morgan fingerprint density at radius 3 is 2.58 bits per heavy atom. The van der Waals surface area contributed by atoms with Crippen LogP contribution < -0.4 is 5.32 Å². The molecule has 5 nitrogen and oxygen atoms in total. The fourth-order valence-electron chi connectivity index (χ4n) is 3.07. The Balaban J connectivity index is 1.51. The predicted molar refractivity (Wildman–Crippen MR) is 102 cm³/mol. The van der Waals surface area contributed by atoms with Gasteiger partial charge in [0, 0.05) is 57.2 Å². The highest BCUT2D eigenvalue weighted by molar-refractivity contribution is 7.80. The summed E-state index contributed by atoms with van der Waals surface area (Å²) in [4.78, 5) is 4.71. The average molecular weight is 344 g/mol. The van der Waals surface area contributed by atoms with Crippen molar-refractivity contribution < 1.29 is 0 Å². The van der Waals surface area contributed by atoms with Gasteiger partial charge in [-0.3, -0.25) is 9.58 Å².